The van der Waals surface area contributed by atoms with Gasteiger partial charge in [-0.25, -0.2) is 4.79 Å². The van der Waals surface area contributed by atoms with Crippen LogP contribution in [0.15, 0.2) is 48.5 Å². The van der Waals surface area contributed by atoms with Crippen molar-refractivity contribution in [1.82, 2.24) is 4.98 Å². The van der Waals surface area contributed by atoms with Crippen LogP contribution < -0.4 is 10.1 Å². The number of aromatic nitrogens is 1. The number of ether oxygens (including phenoxy) is 2. The van der Waals surface area contributed by atoms with E-state index in [2.05, 4.69) is 15.0 Å². The molecule has 1 aliphatic carbocycles. The van der Waals surface area contributed by atoms with E-state index in [1.807, 2.05) is 24.3 Å². The molecular weight excluding hydrogens is 406 g/mol. The van der Waals surface area contributed by atoms with Crippen LogP contribution in [-0.2, 0) is 22.4 Å². The number of esters is 1. The van der Waals surface area contributed by atoms with Gasteiger partial charge in [-0.15, -0.1) is 0 Å². The Bertz CT molecular complexity index is 1130. The van der Waals surface area contributed by atoms with Crippen LogP contribution in [0.2, 0.25) is 0 Å². The summed E-state index contributed by atoms with van der Waals surface area (Å²) in [6.07, 6.45) is 3.48. The molecule has 0 atom stereocenters. The number of pyridine rings is 1. The standard InChI is InChI=1S/C23H20F2N2O4/c24-23(25)31-19-12-6-5-11-18(19)27-20(28)13-30-22(29)21-14-7-1-3-9-16(14)26-17-10-4-2-8-15(17)21/h1,3,5-7,9,11-12,23H,2,4,8,10,13H2,(H,27,28). The molecule has 0 bridgehead atoms. The molecule has 1 heterocycles. The second kappa shape index (κ2) is 9.07. The van der Waals surface area contributed by atoms with Gasteiger partial charge < -0.3 is 14.8 Å². The highest BCUT2D eigenvalue weighted by atomic mass is 19.3. The van der Waals surface area contributed by atoms with Crippen molar-refractivity contribution in [2.45, 2.75) is 32.3 Å². The van der Waals surface area contributed by atoms with Gasteiger partial charge in [-0.1, -0.05) is 30.3 Å². The van der Waals surface area contributed by atoms with Gasteiger partial charge in [-0.3, -0.25) is 9.78 Å². The minimum atomic E-state index is -3.03. The molecule has 1 aromatic heterocycles. The number of aryl methyl sites for hydroxylation is 1. The molecule has 0 radical (unpaired) electrons. The number of anilines is 1. The number of carbonyl (C=O) groups is 2. The molecular formula is C23H20F2N2O4. The average Bonchev–Trinajstić information content (AvgIpc) is 2.77. The molecule has 6 nitrogen and oxygen atoms in total. The monoisotopic (exact) mass is 426 g/mol. The average molecular weight is 426 g/mol. The Kier molecular flexibility index (Phi) is 6.06. The number of nitrogens with zero attached hydrogens (tertiary/aromatic N) is 1. The van der Waals surface area contributed by atoms with Crippen LogP contribution in [0.25, 0.3) is 10.9 Å². The van der Waals surface area contributed by atoms with Gasteiger partial charge in [-0.2, -0.15) is 8.78 Å². The van der Waals surface area contributed by atoms with Gasteiger partial charge in [0.1, 0.15) is 5.75 Å². The summed E-state index contributed by atoms with van der Waals surface area (Å²) in [5, 5.41) is 3.12. The third kappa shape index (κ3) is 4.63. The lowest BCUT2D eigenvalue weighted by Crippen LogP contribution is -2.23. The van der Waals surface area contributed by atoms with E-state index in [9.17, 15) is 18.4 Å². The van der Waals surface area contributed by atoms with Gasteiger partial charge in [0.25, 0.3) is 5.91 Å². The summed E-state index contributed by atoms with van der Waals surface area (Å²) in [4.78, 5) is 29.9. The summed E-state index contributed by atoms with van der Waals surface area (Å²) >= 11 is 0. The smallest absolute Gasteiger partial charge is 0.387 e. The summed E-state index contributed by atoms with van der Waals surface area (Å²) in [5.74, 6) is -1.44. The van der Waals surface area contributed by atoms with Crippen molar-refractivity contribution in [3.8, 4) is 5.75 Å². The Balaban J connectivity index is 1.51. The SMILES string of the molecule is O=C(COC(=O)c1c2c(nc3ccccc13)CCCC2)Nc1ccccc1OC(F)F. The summed E-state index contributed by atoms with van der Waals surface area (Å²) in [7, 11) is 0. The maximum absolute atomic E-state index is 12.9. The second-order valence-electron chi connectivity index (χ2n) is 7.14. The molecule has 4 rings (SSSR count). The summed E-state index contributed by atoms with van der Waals surface area (Å²) < 4.78 is 34.7. The molecule has 1 aliphatic rings. The molecule has 0 spiro atoms. The Morgan fingerprint density at radius 2 is 1.77 bits per heavy atom. The zero-order chi connectivity index (χ0) is 21.8. The van der Waals surface area contributed by atoms with Crippen LogP contribution in [0.4, 0.5) is 14.5 Å². The minimum absolute atomic E-state index is 0.0654. The van der Waals surface area contributed by atoms with Crippen LogP contribution in [0.1, 0.15) is 34.5 Å². The number of fused-ring (bicyclic) bond motifs is 2. The fraction of sp³-hybridized carbons (Fsp3) is 0.261. The van der Waals surface area contributed by atoms with Gasteiger partial charge in [0.15, 0.2) is 6.61 Å². The maximum atomic E-state index is 12.9. The molecule has 0 saturated carbocycles. The molecule has 160 valence electrons. The van der Waals surface area contributed by atoms with Crippen LogP contribution in [-0.4, -0.2) is 30.1 Å². The third-order valence-corrected chi connectivity index (χ3v) is 5.08. The van der Waals surface area contributed by atoms with Crippen LogP contribution >= 0.6 is 0 Å². The predicted molar refractivity (Wildman–Crippen MR) is 110 cm³/mol. The lowest BCUT2D eigenvalue weighted by molar-refractivity contribution is -0.119. The lowest BCUT2D eigenvalue weighted by Gasteiger charge is -2.20. The predicted octanol–water partition coefficient (Wildman–Crippen LogP) is 4.51. The highest BCUT2D eigenvalue weighted by molar-refractivity contribution is 6.06. The topological polar surface area (TPSA) is 77.5 Å². The minimum Gasteiger partial charge on any atom is -0.452 e. The van der Waals surface area contributed by atoms with E-state index < -0.39 is 25.1 Å². The van der Waals surface area contributed by atoms with Crippen molar-refractivity contribution < 1.29 is 27.8 Å². The van der Waals surface area contributed by atoms with Crippen LogP contribution in [0, 0.1) is 0 Å². The number of nitrogens with one attached hydrogen (secondary N) is 1. The van der Waals surface area contributed by atoms with Crippen molar-refractivity contribution in [3.63, 3.8) is 0 Å². The number of carbonyl (C=O) groups excluding carboxylic acids is 2. The van der Waals surface area contributed by atoms with E-state index in [1.54, 1.807) is 6.07 Å². The van der Waals surface area contributed by atoms with Gasteiger partial charge in [-0.05, 0) is 49.4 Å². The second-order valence-corrected chi connectivity index (χ2v) is 7.14. The molecule has 0 aliphatic heterocycles. The van der Waals surface area contributed by atoms with Crippen LogP contribution in [0.5, 0.6) is 5.75 Å². The van der Waals surface area contributed by atoms with Crippen molar-refractivity contribution in [1.29, 1.82) is 0 Å². The highest BCUT2D eigenvalue weighted by Crippen LogP contribution is 2.30. The number of benzene rings is 2. The van der Waals surface area contributed by atoms with Crippen LogP contribution in [0.3, 0.4) is 0 Å². The van der Waals surface area contributed by atoms with Crippen molar-refractivity contribution >= 4 is 28.5 Å². The Hall–Kier alpha value is -3.55. The van der Waals surface area contributed by atoms with E-state index in [0.717, 1.165) is 36.9 Å². The van der Waals surface area contributed by atoms with E-state index in [1.165, 1.54) is 18.2 Å². The zero-order valence-electron chi connectivity index (χ0n) is 16.6. The summed E-state index contributed by atoms with van der Waals surface area (Å²) in [5.41, 5.74) is 2.97. The van der Waals surface area contributed by atoms with Gasteiger partial charge >= 0.3 is 12.6 Å². The van der Waals surface area contributed by atoms with Crippen molar-refractivity contribution in [2.75, 3.05) is 11.9 Å². The van der Waals surface area contributed by atoms with Gasteiger partial charge in [0.05, 0.1) is 16.8 Å². The summed E-state index contributed by atoms with van der Waals surface area (Å²) in [6.45, 7) is -3.59. The molecule has 3 aromatic rings. The first-order valence-corrected chi connectivity index (χ1v) is 9.94. The Morgan fingerprint density at radius 3 is 2.61 bits per heavy atom. The number of amides is 1. The molecule has 1 N–H and O–H groups in total. The first-order valence-electron chi connectivity index (χ1n) is 9.94. The molecule has 8 heteroatoms. The largest absolute Gasteiger partial charge is 0.452 e. The third-order valence-electron chi connectivity index (χ3n) is 5.08. The maximum Gasteiger partial charge on any atom is 0.387 e. The number of halogens is 2. The quantitative estimate of drug-likeness (QED) is 0.587. The van der Waals surface area contributed by atoms with E-state index in [4.69, 9.17) is 4.74 Å². The molecule has 2 aromatic carbocycles. The Labute approximate surface area is 177 Å². The number of hydrogen-bond acceptors (Lipinski definition) is 5. The number of rotatable bonds is 6. The first-order chi connectivity index (χ1) is 15.0. The fourth-order valence-corrected chi connectivity index (χ4v) is 3.76. The molecule has 31 heavy (non-hydrogen) atoms. The number of para-hydroxylation sites is 3. The number of alkyl halides is 2. The van der Waals surface area contributed by atoms with E-state index in [0.29, 0.717) is 16.5 Å². The Morgan fingerprint density at radius 1 is 1.03 bits per heavy atom. The summed E-state index contributed by atoms with van der Waals surface area (Å²) in [6, 6.07) is 13.1. The highest BCUT2D eigenvalue weighted by Gasteiger charge is 2.24. The molecule has 1 amide bonds. The fourth-order valence-electron chi connectivity index (χ4n) is 3.76. The first kappa shape index (κ1) is 20.7. The van der Waals surface area contributed by atoms with E-state index >= 15 is 0 Å². The molecule has 0 fully saturated rings. The molecule has 0 unspecified atom stereocenters. The molecule has 0 saturated heterocycles. The number of hydrogen-bond donors (Lipinski definition) is 1. The lowest BCUT2D eigenvalue weighted by atomic mass is 9.90. The van der Waals surface area contributed by atoms with Crippen molar-refractivity contribution in [3.05, 3.63) is 65.4 Å². The van der Waals surface area contributed by atoms with E-state index in [-0.39, 0.29) is 11.4 Å². The zero-order valence-corrected chi connectivity index (χ0v) is 16.6. The van der Waals surface area contributed by atoms with Crippen molar-refractivity contribution in [2.24, 2.45) is 0 Å². The normalized spacial score (nSPS) is 13.0. The van der Waals surface area contributed by atoms with Gasteiger partial charge in [0, 0.05) is 11.1 Å². The van der Waals surface area contributed by atoms with Gasteiger partial charge in [0.2, 0.25) is 0 Å².